The predicted molar refractivity (Wildman–Crippen MR) is 42.6 cm³/mol. The first-order valence-electron chi connectivity index (χ1n) is 2.52. The van der Waals surface area contributed by atoms with Gasteiger partial charge in [-0.1, -0.05) is 0 Å². The van der Waals surface area contributed by atoms with E-state index >= 15 is 0 Å². The number of hydrogen-bond donors (Lipinski definition) is 1. The minimum absolute atomic E-state index is 0.410. The molecule has 0 aromatic carbocycles. The van der Waals surface area contributed by atoms with Crippen LogP contribution in [0.3, 0.4) is 0 Å². The second kappa shape index (κ2) is 2.67. The number of aromatic nitrogens is 1. The number of pyridine rings is 1. The van der Waals surface area contributed by atoms with Gasteiger partial charge in [0.05, 0.1) is 6.57 Å². The van der Waals surface area contributed by atoms with Crippen LogP contribution in [-0.2, 0) is 0 Å². The van der Waals surface area contributed by atoms with Gasteiger partial charge in [-0.15, -0.1) is 0 Å². The van der Waals surface area contributed by atoms with Gasteiger partial charge in [-0.05, 0) is 22.0 Å². The van der Waals surface area contributed by atoms with Crippen LogP contribution in [0.2, 0.25) is 0 Å². The van der Waals surface area contributed by atoms with Crippen LogP contribution in [0, 0.1) is 6.57 Å². The molecule has 4 heteroatoms. The summed E-state index contributed by atoms with van der Waals surface area (Å²) in [7, 11) is 0. The normalized spacial score (nSPS) is 8.80. The van der Waals surface area contributed by atoms with Gasteiger partial charge in [0, 0.05) is 10.7 Å². The zero-order valence-corrected chi connectivity index (χ0v) is 6.59. The standard InChI is InChI=1S/C6H4BrN3/c1-9-4-2-5(7)6(8)10-3-4/h2-3H,(H2,8,10). The van der Waals surface area contributed by atoms with Gasteiger partial charge >= 0.3 is 0 Å². The Labute approximate surface area is 66.8 Å². The molecule has 2 N–H and O–H groups in total. The van der Waals surface area contributed by atoms with Crippen molar-refractivity contribution >= 4 is 27.4 Å². The zero-order chi connectivity index (χ0) is 7.56. The van der Waals surface area contributed by atoms with E-state index in [0.717, 1.165) is 0 Å². The summed E-state index contributed by atoms with van der Waals surface area (Å²) in [4.78, 5) is 6.94. The minimum atomic E-state index is 0.410. The van der Waals surface area contributed by atoms with Gasteiger partial charge in [0.1, 0.15) is 5.82 Å². The van der Waals surface area contributed by atoms with E-state index in [0.29, 0.717) is 16.0 Å². The van der Waals surface area contributed by atoms with E-state index in [1.807, 2.05) is 0 Å². The fourth-order valence-corrected chi connectivity index (χ4v) is 0.836. The highest BCUT2D eigenvalue weighted by Crippen LogP contribution is 2.21. The largest absolute Gasteiger partial charge is 0.383 e. The van der Waals surface area contributed by atoms with E-state index in [1.165, 1.54) is 6.20 Å². The zero-order valence-electron chi connectivity index (χ0n) is 5.00. The summed E-state index contributed by atoms with van der Waals surface area (Å²) in [6.45, 7) is 6.63. The maximum atomic E-state index is 6.63. The third-order valence-electron chi connectivity index (χ3n) is 0.984. The molecular formula is C6H4BrN3. The summed E-state index contributed by atoms with van der Waals surface area (Å²) < 4.78 is 0.668. The van der Waals surface area contributed by atoms with Gasteiger partial charge in [-0.3, -0.25) is 4.98 Å². The number of hydrogen-bond acceptors (Lipinski definition) is 2. The minimum Gasteiger partial charge on any atom is -0.383 e. The molecule has 0 aliphatic carbocycles. The first-order valence-corrected chi connectivity index (χ1v) is 3.32. The van der Waals surface area contributed by atoms with Crippen LogP contribution in [0.15, 0.2) is 16.7 Å². The second-order valence-corrected chi connectivity index (χ2v) is 2.53. The number of nitrogens with two attached hydrogens (primary N) is 1. The van der Waals surface area contributed by atoms with Crippen molar-refractivity contribution in [3.63, 3.8) is 0 Å². The Morgan fingerprint density at radius 2 is 2.40 bits per heavy atom. The lowest BCUT2D eigenvalue weighted by molar-refractivity contribution is 1.33. The molecule has 0 bridgehead atoms. The molecule has 0 spiro atoms. The number of nitrogen functional groups attached to an aromatic ring is 1. The summed E-state index contributed by atoms with van der Waals surface area (Å²) in [5.74, 6) is 0.410. The smallest absolute Gasteiger partial charge is 0.206 e. The Bertz CT molecular complexity index is 290. The lowest BCUT2D eigenvalue weighted by Gasteiger charge is -1.94. The van der Waals surface area contributed by atoms with Crippen LogP contribution < -0.4 is 5.73 Å². The highest BCUT2D eigenvalue weighted by molar-refractivity contribution is 9.10. The SMILES string of the molecule is [C-]#[N+]c1cnc(N)c(Br)c1. The maximum Gasteiger partial charge on any atom is 0.206 e. The van der Waals surface area contributed by atoms with Crippen LogP contribution in [-0.4, -0.2) is 4.98 Å². The van der Waals surface area contributed by atoms with Crippen LogP contribution in [0.4, 0.5) is 11.5 Å². The molecule has 3 nitrogen and oxygen atoms in total. The van der Waals surface area contributed by atoms with Crippen molar-refractivity contribution in [1.82, 2.24) is 4.98 Å². The van der Waals surface area contributed by atoms with E-state index in [9.17, 15) is 0 Å². The van der Waals surface area contributed by atoms with E-state index < -0.39 is 0 Å². The third-order valence-corrected chi connectivity index (χ3v) is 1.62. The van der Waals surface area contributed by atoms with Crippen molar-refractivity contribution in [2.75, 3.05) is 5.73 Å². The maximum absolute atomic E-state index is 6.63. The summed E-state index contributed by atoms with van der Waals surface area (Å²) in [6, 6.07) is 1.63. The molecule has 0 aliphatic rings. The summed E-state index contributed by atoms with van der Waals surface area (Å²) in [5, 5.41) is 0. The molecule has 0 amide bonds. The molecular weight excluding hydrogens is 194 g/mol. The summed E-state index contributed by atoms with van der Waals surface area (Å²) >= 11 is 3.16. The molecule has 1 rings (SSSR count). The highest BCUT2D eigenvalue weighted by atomic mass is 79.9. The van der Waals surface area contributed by atoms with E-state index in [-0.39, 0.29) is 0 Å². The molecule has 0 unspecified atom stereocenters. The van der Waals surface area contributed by atoms with Gasteiger partial charge in [0.25, 0.3) is 0 Å². The Balaban J connectivity index is 3.20. The number of halogens is 1. The molecule has 50 valence electrons. The molecule has 0 radical (unpaired) electrons. The van der Waals surface area contributed by atoms with Gasteiger partial charge < -0.3 is 5.73 Å². The van der Waals surface area contributed by atoms with Crippen LogP contribution in [0.1, 0.15) is 0 Å². The third kappa shape index (κ3) is 1.25. The first-order chi connectivity index (χ1) is 4.74. The second-order valence-electron chi connectivity index (χ2n) is 1.67. The lowest BCUT2D eigenvalue weighted by Crippen LogP contribution is -1.88. The van der Waals surface area contributed by atoms with Gasteiger partial charge in [-0.25, -0.2) is 4.85 Å². The van der Waals surface area contributed by atoms with Crippen molar-refractivity contribution in [2.24, 2.45) is 0 Å². The summed E-state index contributed by atoms with van der Waals surface area (Å²) in [6.07, 6.45) is 1.44. The van der Waals surface area contributed by atoms with Gasteiger partial charge in [-0.2, -0.15) is 0 Å². The lowest BCUT2D eigenvalue weighted by atomic mass is 10.4. The molecule has 1 aromatic heterocycles. The van der Waals surface area contributed by atoms with Crippen LogP contribution >= 0.6 is 15.9 Å². The number of anilines is 1. The van der Waals surface area contributed by atoms with Crippen molar-refractivity contribution < 1.29 is 0 Å². The molecule has 10 heavy (non-hydrogen) atoms. The molecule has 0 saturated heterocycles. The molecule has 0 atom stereocenters. The Kier molecular flexibility index (Phi) is 1.88. The van der Waals surface area contributed by atoms with Crippen molar-refractivity contribution in [1.29, 1.82) is 0 Å². The quantitative estimate of drug-likeness (QED) is 0.647. The Hall–Kier alpha value is -1.08. The predicted octanol–water partition coefficient (Wildman–Crippen LogP) is 1.98. The molecule has 0 saturated carbocycles. The van der Waals surface area contributed by atoms with Gasteiger partial charge in [0.2, 0.25) is 5.69 Å². The molecule has 1 aromatic rings. The monoisotopic (exact) mass is 197 g/mol. The van der Waals surface area contributed by atoms with E-state index in [1.54, 1.807) is 6.07 Å². The average molecular weight is 198 g/mol. The number of rotatable bonds is 0. The fraction of sp³-hybridized carbons (Fsp3) is 0. The molecule has 1 heterocycles. The van der Waals surface area contributed by atoms with Crippen molar-refractivity contribution in [3.8, 4) is 0 Å². The van der Waals surface area contributed by atoms with E-state index in [4.69, 9.17) is 12.3 Å². The molecule has 0 fully saturated rings. The average Bonchev–Trinajstić information content (AvgIpc) is 1.95. The number of nitrogens with zero attached hydrogens (tertiary/aromatic N) is 2. The van der Waals surface area contributed by atoms with Crippen molar-refractivity contribution in [2.45, 2.75) is 0 Å². The molecule has 0 aliphatic heterocycles. The van der Waals surface area contributed by atoms with Crippen molar-refractivity contribution in [3.05, 3.63) is 28.2 Å². The van der Waals surface area contributed by atoms with Crippen LogP contribution in [0.25, 0.3) is 4.85 Å². The van der Waals surface area contributed by atoms with E-state index in [2.05, 4.69) is 25.8 Å². The Morgan fingerprint density at radius 3 is 2.90 bits per heavy atom. The topological polar surface area (TPSA) is 43.3 Å². The Morgan fingerprint density at radius 1 is 1.70 bits per heavy atom. The fourth-order valence-electron chi connectivity index (χ4n) is 0.500. The van der Waals surface area contributed by atoms with Gasteiger partial charge in [0.15, 0.2) is 0 Å². The summed E-state index contributed by atoms with van der Waals surface area (Å²) in [5.41, 5.74) is 5.87. The van der Waals surface area contributed by atoms with Crippen LogP contribution in [0.5, 0.6) is 0 Å². The first kappa shape index (κ1) is 7.03. The highest BCUT2D eigenvalue weighted by Gasteiger charge is 1.96.